The van der Waals surface area contributed by atoms with Gasteiger partial charge in [-0.15, -0.1) is 0 Å². The largest absolute Gasteiger partial charge is 0.699 e. The van der Waals surface area contributed by atoms with Gasteiger partial charge in [0.05, 0.1) is 28.9 Å². The molecule has 153 valence electrons. The summed E-state index contributed by atoms with van der Waals surface area (Å²) in [6.45, 7) is 5.04. The molecule has 11 heteroatoms. The highest BCUT2D eigenvalue weighted by atomic mass is 127. The number of aromatic nitrogens is 4. The van der Waals surface area contributed by atoms with E-state index in [2.05, 4.69) is 50.8 Å². The number of hydrogen-bond donors (Lipinski definition) is 1. The first kappa shape index (κ1) is 20.1. The minimum absolute atomic E-state index is 0.0723. The standard InChI is InChI=1S/C18H18ClIN6O3/c1-10(27)29-18-21-13-9-12(19)15(23-16(13)24-18)11-3-4-14(22-17(11)28-2)25-5-7-26(20)8-6-25/h3-4,9H,5-8H2,1-2H3,(H,21,23,24)/q-1. The monoisotopic (exact) mass is 528 g/mol. The van der Waals surface area contributed by atoms with Crippen LogP contribution in [0.3, 0.4) is 0 Å². The van der Waals surface area contributed by atoms with Crippen molar-refractivity contribution in [2.24, 2.45) is 0 Å². The second kappa shape index (κ2) is 8.28. The molecule has 1 N–H and O–H groups in total. The van der Waals surface area contributed by atoms with Gasteiger partial charge in [0.25, 0.3) is 0 Å². The zero-order valence-electron chi connectivity index (χ0n) is 15.8. The van der Waals surface area contributed by atoms with E-state index in [-0.39, 0.29) is 6.01 Å². The molecule has 0 amide bonds. The van der Waals surface area contributed by atoms with Crippen molar-refractivity contribution >= 4 is 34.6 Å². The van der Waals surface area contributed by atoms with Crippen molar-refractivity contribution in [2.75, 3.05) is 38.2 Å². The van der Waals surface area contributed by atoms with E-state index >= 15 is 0 Å². The normalized spacial score (nSPS) is 15.0. The molecule has 4 rings (SSSR count). The fraction of sp³-hybridized carbons (Fsp3) is 0.333. The van der Waals surface area contributed by atoms with Gasteiger partial charge in [0.1, 0.15) is 5.82 Å². The summed E-state index contributed by atoms with van der Waals surface area (Å²) in [4.78, 5) is 29.6. The summed E-state index contributed by atoms with van der Waals surface area (Å²) >= 11 is 8.80. The summed E-state index contributed by atoms with van der Waals surface area (Å²) < 4.78 is 12.8. The number of carbonyl (C=O) groups is 1. The fourth-order valence-electron chi connectivity index (χ4n) is 3.12. The van der Waals surface area contributed by atoms with Gasteiger partial charge in [0.2, 0.25) is 5.88 Å². The molecule has 9 nitrogen and oxygen atoms in total. The second-order valence-corrected chi connectivity index (χ2v) is 8.22. The minimum atomic E-state index is -0.472. The van der Waals surface area contributed by atoms with Crippen LogP contribution in [0.25, 0.3) is 22.4 Å². The number of fused-ring (bicyclic) bond motifs is 1. The minimum Gasteiger partial charge on any atom is -0.699 e. The van der Waals surface area contributed by atoms with Gasteiger partial charge < -0.3 is 45.3 Å². The molecule has 0 spiro atoms. The van der Waals surface area contributed by atoms with Gasteiger partial charge >= 0.3 is 12.0 Å². The molecule has 0 atom stereocenters. The highest BCUT2D eigenvalue weighted by Crippen LogP contribution is 2.35. The lowest BCUT2D eigenvalue weighted by molar-refractivity contribution is -0.575. The van der Waals surface area contributed by atoms with Gasteiger partial charge in [-0.05, 0) is 31.3 Å². The molecule has 1 aliphatic heterocycles. The Morgan fingerprint density at radius 3 is 2.66 bits per heavy atom. The van der Waals surface area contributed by atoms with Gasteiger partial charge in [-0.25, -0.2) is 4.98 Å². The number of ether oxygens (including phenoxy) is 2. The number of piperazine rings is 1. The number of H-pyrrole nitrogens is 1. The van der Waals surface area contributed by atoms with E-state index in [0.29, 0.717) is 33.3 Å². The molecule has 1 saturated heterocycles. The molecule has 29 heavy (non-hydrogen) atoms. The lowest BCUT2D eigenvalue weighted by Gasteiger charge is -2.40. The average Bonchev–Trinajstić information content (AvgIpc) is 3.07. The number of hydrogen-bond acceptors (Lipinski definition) is 8. The smallest absolute Gasteiger partial charge is 0.310 e. The molecule has 0 aliphatic carbocycles. The topological polar surface area (TPSA) is 96.5 Å². The van der Waals surface area contributed by atoms with Crippen molar-refractivity contribution < 1.29 is 37.1 Å². The lowest BCUT2D eigenvalue weighted by atomic mass is 10.1. The van der Waals surface area contributed by atoms with E-state index in [1.165, 1.54) is 6.92 Å². The van der Waals surface area contributed by atoms with Crippen LogP contribution in [0.2, 0.25) is 5.02 Å². The van der Waals surface area contributed by atoms with E-state index in [0.717, 1.165) is 32.0 Å². The third-order valence-corrected chi connectivity index (χ3v) is 5.74. The third-order valence-electron chi connectivity index (χ3n) is 4.49. The van der Waals surface area contributed by atoms with Crippen molar-refractivity contribution in [3.63, 3.8) is 0 Å². The molecular weight excluding hydrogens is 511 g/mol. The first-order chi connectivity index (χ1) is 13.9. The van der Waals surface area contributed by atoms with E-state index in [4.69, 9.17) is 21.1 Å². The van der Waals surface area contributed by atoms with Crippen LogP contribution >= 0.6 is 11.6 Å². The average molecular weight is 529 g/mol. The summed E-state index contributed by atoms with van der Waals surface area (Å²) in [5, 5.41) is 0.405. The number of anilines is 1. The van der Waals surface area contributed by atoms with Crippen LogP contribution in [0.1, 0.15) is 6.92 Å². The Balaban J connectivity index is 1.70. The number of esters is 1. The van der Waals surface area contributed by atoms with E-state index in [1.54, 1.807) is 13.2 Å². The number of imidazole rings is 1. The van der Waals surface area contributed by atoms with Crippen LogP contribution in [0.5, 0.6) is 11.9 Å². The Labute approximate surface area is 185 Å². The molecule has 0 aromatic carbocycles. The van der Waals surface area contributed by atoms with Gasteiger partial charge in [0.15, 0.2) is 5.65 Å². The first-order valence-electron chi connectivity index (χ1n) is 8.90. The molecule has 4 heterocycles. The summed E-state index contributed by atoms with van der Waals surface area (Å²) in [6, 6.07) is 5.60. The SMILES string of the molecule is COc1nc(N2CCN([I-])CC2)ccc1-c1nc2nc(OC(C)=O)[nH]c2cc1Cl. The quantitative estimate of drug-likeness (QED) is 0.267. The zero-order valence-corrected chi connectivity index (χ0v) is 18.7. The summed E-state index contributed by atoms with van der Waals surface area (Å²) in [7, 11) is 1.57. The lowest BCUT2D eigenvalue weighted by Crippen LogP contribution is -3.42. The number of halogens is 2. The van der Waals surface area contributed by atoms with Crippen LogP contribution < -0.4 is 37.2 Å². The molecule has 1 aliphatic rings. The molecule has 0 bridgehead atoms. The summed E-state index contributed by atoms with van der Waals surface area (Å²) in [6.07, 6.45) is 0. The number of carbonyl (C=O) groups excluding carboxylic acids is 1. The molecule has 0 unspecified atom stereocenters. The van der Waals surface area contributed by atoms with Crippen molar-refractivity contribution in [2.45, 2.75) is 6.92 Å². The Kier molecular flexibility index (Phi) is 5.74. The van der Waals surface area contributed by atoms with Crippen LogP contribution in [-0.2, 0) is 4.79 Å². The Morgan fingerprint density at radius 2 is 1.97 bits per heavy atom. The molecule has 1 fully saturated rings. The van der Waals surface area contributed by atoms with Crippen LogP contribution in [0.15, 0.2) is 18.2 Å². The molecule has 3 aromatic rings. The number of pyridine rings is 2. The number of methoxy groups -OCH3 is 1. The maximum atomic E-state index is 11.1. The number of rotatable bonds is 4. The van der Waals surface area contributed by atoms with E-state index in [9.17, 15) is 4.79 Å². The molecule has 1 radical (unpaired) electrons. The van der Waals surface area contributed by atoms with Crippen LogP contribution in [0.4, 0.5) is 5.82 Å². The zero-order chi connectivity index (χ0) is 20.5. The number of aromatic amines is 1. The Bertz CT molecular complexity index is 1070. The highest BCUT2D eigenvalue weighted by Gasteiger charge is 2.19. The second-order valence-electron chi connectivity index (χ2n) is 6.45. The van der Waals surface area contributed by atoms with Crippen molar-refractivity contribution in [3.8, 4) is 23.1 Å². The summed E-state index contributed by atoms with van der Waals surface area (Å²) in [5.74, 6) is 0.813. The Morgan fingerprint density at radius 1 is 1.21 bits per heavy atom. The van der Waals surface area contributed by atoms with Gasteiger partial charge in [-0.1, -0.05) is 11.6 Å². The van der Waals surface area contributed by atoms with Crippen molar-refractivity contribution in [3.05, 3.63) is 23.2 Å². The van der Waals surface area contributed by atoms with Crippen LogP contribution in [-0.4, -0.2) is 62.3 Å². The van der Waals surface area contributed by atoms with Gasteiger partial charge in [0, 0.05) is 20.0 Å². The number of nitrogens with zero attached hydrogens (tertiary/aromatic N) is 5. The molecular formula is C18H18ClIN6O3-. The van der Waals surface area contributed by atoms with Crippen molar-refractivity contribution in [1.29, 1.82) is 0 Å². The predicted molar refractivity (Wildman–Crippen MR) is 104 cm³/mol. The van der Waals surface area contributed by atoms with E-state index < -0.39 is 5.97 Å². The highest BCUT2D eigenvalue weighted by molar-refractivity contribution is 6.33. The molecule has 0 saturated carbocycles. The van der Waals surface area contributed by atoms with Gasteiger partial charge in [-0.2, -0.15) is 9.97 Å². The predicted octanol–water partition coefficient (Wildman–Crippen LogP) is -0.802. The van der Waals surface area contributed by atoms with Crippen LogP contribution in [0, 0.1) is 0 Å². The Hall–Kier alpha value is -2.18. The third kappa shape index (κ3) is 4.23. The maximum absolute atomic E-state index is 11.1. The van der Waals surface area contributed by atoms with E-state index in [1.807, 2.05) is 12.1 Å². The van der Waals surface area contributed by atoms with Crippen molar-refractivity contribution in [1.82, 2.24) is 23.0 Å². The van der Waals surface area contributed by atoms with Gasteiger partial charge in [-0.3, -0.25) is 4.79 Å². The maximum Gasteiger partial charge on any atom is 0.310 e. The summed E-state index contributed by atoms with van der Waals surface area (Å²) in [5.41, 5.74) is 2.10. The first-order valence-corrected chi connectivity index (χ1v) is 10.2. The number of nitrogens with one attached hydrogen (secondary N) is 1. The molecule has 3 aromatic heterocycles. The fourth-order valence-corrected chi connectivity index (χ4v) is 3.81.